The van der Waals surface area contributed by atoms with E-state index in [0.29, 0.717) is 30.3 Å². The number of carbonyl (C=O) groups is 2. The number of quaternary nitrogens is 1. The molecule has 0 heterocycles. The van der Waals surface area contributed by atoms with E-state index in [0.717, 1.165) is 44.9 Å². The van der Waals surface area contributed by atoms with E-state index in [1.807, 2.05) is 39.4 Å². The van der Waals surface area contributed by atoms with Crippen LogP contribution >= 0.6 is 7.82 Å². The molecule has 1 N–H and O–H groups in total. The first-order valence-electron chi connectivity index (χ1n) is 22.3. The van der Waals surface area contributed by atoms with Crippen LogP contribution in [0, 0.1) is 0 Å². The van der Waals surface area contributed by atoms with Gasteiger partial charge in [-0.3, -0.25) is 14.2 Å². The topological polar surface area (TPSA) is 131 Å². The van der Waals surface area contributed by atoms with Gasteiger partial charge in [0.05, 0.1) is 33.9 Å². The standard InChI is InChI=1S/C47H82NO9P/c1-6-8-10-12-14-16-18-20-22-24-26-28-30-34-39-47(51)57-45(43-56-58(52,53)55-41-40-48(3,4)5)42-54-46(50)38-35-31-33-37-44(49)36-32-29-27-25-23-21-19-17-15-13-11-9-7-2/h9,11,15,17,21,23,27,29,31-33,36,44-45,49H,6-8,10,12-14,16,18-20,22,24-26,28,30,34-35,37-43H2,1-5H3/b11-9-,17-15-,23-21-,29-27-,33-31-,36-32-/t44?,45-/m1/s1. The number of likely N-dealkylation sites (N-methyl/N-ethyl adjacent to an activating group) is 1. The lowest BCUT2D eigenvalue weighted by Crippen LogP contribution is -2.37. The maximum atomic E-state index is 12.7. The zero-order valence-corrected chi connectivity index (χ0v) is 38.0. The van der Waals surface area contributed by atoms with Gasteiger partial charge in [-0.2, -0.15) is 0 Å². The molecule has 0 radical (unpaired) electrons. The molecule has 0 fully saturated rings. The predicted octanol–water partition coefficient (Wildman–Crippen LogP) is 11.0. The number of carbonyl (C=O) groups excluding carboxylic acids is 2. The summed E-state index contributed by atoms with van der Waals surface area (Å²) < 4.78 is 33.7. The third kappa shape index (κ3) is 41.6. The summed E-state index contributed by atoms with van der Waals surface area (Å²) in [7, 11) is 1.06. The molecule has 3 atom stereocenters. The second-order valence-electron chi connectivity index (χ2n) is 15.9. The molecule has 10 nitrogen and oxygen atoms in total. The Morgan fingerprint density at radius 2 is 1.21 bits per heavy atom. The SMILES string of the molecule is CC/C=C\C/C=C\C/C=C\C/C=C\C=C/C(O)C/C=C\CCC(=O)OC[C@H](COP(=O)([O-])OCC[N+](C)(C)C)OC(=O)CCCCCCCCCCCCCCCC. The van der Waals surface area contributed by atoms with Gasteiger partial charge in [-0.15, -0.1) is 0 Å². The number of hydrogen-bond donors (Lipinski definition) is 1. The molecule has 0 aromatic rings. The van der Waals surface area contributed by atoms with Gasteiger partial charge in [-0.1, -0.05) is 170 Å². The monoisotopic (exact) mass is 836 g/mol. The van der Waals surface area contributed by atoms with Crippen molar-refractivity contribution in [1.82, 2.24) is 0 Å². The Kier molecular flexibility index (Phi) is 36.9. The van der Waals surface area contributed by atoms with E-state index >= 15 is 0 Å². The number of hydrogen-bond acceptors (Lipinski definition) is 9. The van der Waals surface area contributed by atoms with Crippen molar-refractivity contribution in [1.29, 1.82) is 0 Å². The van der Waals surface area contributed by atoms with Crippen molar-refractivity contribution < 1.29 is 47.2 Å². The highest BCUT2D eigenvalue weighted by Gasteiger charge is 2.21. The van der Waals surface area contributed by atoms with E-state index in [2.05, 4.69) is 50.3 Å². The normalized spacial score (nSPS) is 14.8. The van der Waals surface area contributed by atoms with Crippen LogP contribution in [0.4, 0.5) is 0 Å². The molecule has 0 aliphatic rings. The lowest BCUT2D eigenvalue weighted by atomic mass is 10.0. The molecule has 0 aliphatic heterocycles. The van der Waals surface area contributed by atoms with Crippen molar-refractivity contribution in [2.45, 2.75) is 167 Å². The minimum atomic E-state index is -4.67. The van der Waals surface area contributed by atoms with Gasteiger partial charge >= 0.3 is 11.9 Å². The van der Waals surface area contributed by atoms with E-state index in [1.165, 1.54) is 64.2 Å². The quantitative estimate of drug-likeness (QED) is 0.0160. The van der Waals surface area contributed by atoms with Crippen LogP contribution in [-0.2, 0) is 32.7 Å². The molecule has 0 spiro atoms. The van der Waals surface area contributed by atoms with Gasteiger partial charge in [0.25, 0.3) is 7.82 Å². The van der Waals surface area contributed by atoms with Gasteiger partial charge < -0.3 is 33.0 Å². The second kappa shape index (κ2) is 38.6. The van der Waals surface area contributed by atoms with Crippen LogP contribution in [-0.4, -0.2) is 81.2 Å². The number of phosphoric ester groups is 1. The molecule has 0 saturated heterocycles. The summed E-state index contributed by atoms with van der Waals surface area (Å²) in [5.41, 5.74) is 0. The molecule has 0 saturated carbocycles. The van der Waals surface area contributed by atoms with E-state index in [1.54, 1.807) is 18.2 Å². The largest absolute Gasteiger partial charge is 0.756 e. The average Bonchev–Trinajstić information content (AvgIpc) is 3.17. The summed E-state index contributed by atoms with van der Waals surface area (Å²) in [4.78, 5) is 37.5. The Hall–Kier alpha value is -2.59. The first-order valence-corrected chi connectivity index (χ1v) is 23.7. The van der Waals surface area contributed by atoms with Gasteiger partial charge in [0.1, 0.15) is 19.8 Å². The van der Waals surface area contributed by atoms with Crippen molar-refractivity contribution in [3.05, 3.63) is 72.9 Å². The van der Waals surface area contributed by atoms with E-state index < -0.39 is 38.6 Å². The van der Waals surface area contributed by atoms with E-state index in [4.69, 9.17) is 18.5 Å². The Labute approximate surface area is 353 Å². The molecular weight excluding hydrogens is 753 g/mol. The number of esters is 2. The Balaban J connectivity index is 4.57. The highest BCUT2D eigenvalue weighted by molar-refractivity contribution is 7.45. The number of allylic oxidation sites excluding steroid dienone is 10. The average molecular weight is 836 g/mol. The molecule has 0 aliphatic carbocycles. The number of rotatable bonds is 39. The van der Waals surface area contributed by atoms with Gasteiger partial charge in [0.2, 0.25) is 0 Å². The number of nitrogens with zero attached hydrogens (tertiary/aromatic N) is 1. The van der Waals surface area contributed by atoms with Gasteiger partial charge in [0, 0.05) is 12.8 Å². The first-order chi connectivity index (χ1) is 27.9. The lowest BCUT2D eigenvalue weighted by Gasteiger charge is -2.28. The third-order valence-corrected chi connectivity index (χ3v) is 10.0. The second-order valence-corrected chi connectivity index (χ2v) is 17.3. The molecule has 2 unspecified atom stereocenters. The van der Waals surface area contributed by atoms with Crippen molar-refractivity contribution in [3.63, 3.8) is 0 Å². The fourth-order valence-electron chi connectivity index (χ4n) is 5.59. The predicted molar refractivity (Wildman–Crippen MR) is 237 cm³/mol. The van der Waals surface area contributed by atoms with Gasteiger partial charge in [0.15, 0.2) is 6.10 Å². The number of aliphatic hydroxyl groups excluding tert-OH is 1. The van der Waals surface area contributed by atoms with Crippen LogP contribution in [0.1, 0.15) is 155 Å². The number of unbranched alkanes of at least 4 members (excludes halogenated alkanes) is 13. The summed E-state index contributed by atoms with van der Waals surface area (Å²) in [6.45, 7) is 3.90. The summed E-state index contributed by atoms with van der Waals surface area (Å²) >= 11 is 0. The van der Waals surface area contributed by atoms with E-state index in [9.17, 15) is 24.2 Å². The summed E-state index contributed by atoms with van der Waals surface area (Å²) in [6, 6.07) is 0. The van der Waals surface area contributed by atoms with Crippen LogP contribution in [0.3, 0.4) is 0 Å². The summed E-state index contributed by atoms with van der Waals surface area (Å²) in [6.07, 6.45) is 43.9. The Morgan fingerprint density at radius 3 is 1.78 bits per heavy atom. The maximum absolute atomic E-state index is 12.7. The van der Waals surface area contributed by atoms with Crippen molar-refractivity contribution in [3.8, 4) is 0 Å². The zero-order chi connectivity index (χ0) is 43.0. The number of aliphatic hydroxyl groups is 1. The Bertz CT molecular complexity index is 1230. The highest BCUT2D eigenvalue weighted by Crippen LogP contribution is 2.38. The molecule has 334 valence electrons. The molecular formula is C47H82NO9P. The molecule has 0 bridgehead atoms. The zero-order valence-electron chi connectivity index (χ0n) is 37.1. The number of ether oxygens (including phenoxy) is 2. The fourth-order valence-corrected chi connectivity index (χ4v) is 6.32. The molecule has 0 aromatic heterocycles. The lowest BCUT2D eigenvalue weighted by molar-refractivity contribution is -0.870. The summed E-state index contributed by atoms with van der Waals surface area (Å²) in [5.74, 6) is -1.02. The van der Waals surface area contributed by atoms with Crippen molar-refractivity contribution in [2.75, 3.05) is 47.5 Å². The number of phosphoric acid groups is 1. The molecule has 0 amide bonds. The van der Waals surface area contributed by atoms with Crippen LogP contribution in [0.2, 0.25) is 0 Å². The molecule has 0 rings (SSSR count). The van der Waals surface area contributed by atoms with Crippen molar-refractivity contribution >= 4 is 19.8 Å². The maximum Gasteiger partial charge on any atom is 0.306 e. The minimum Gasteiger partial charge on any atom is -0.756 e. The minimum absolute atomic E-state index is 0.0606. The highest BCUT2D eigenvalue weighted by atomic mass is 31.2. The van der Waals surface area contributed by atoms with Gasteiger partial charge in [-0.05, 0) is 44.9 Å². The van der Waals surface area contributed by atoms with Crippen LogP contribution in [0.25, 0.3) is 0 Å². The molecule has 0 aromatic carbocycles. The van der Waals surface area contributed by atoms with Crippen LogP contribution in [0.15, 0.2) is 72.9 Å². The molecule has 58 heavy (non-hydrogen) atoms. The first kappa shape index (κ1) is 55.4. The fraction of sp³-hybridized carbons (Fsp3) is 0.702. The summed E-state index contributed by atoms with van der Waals surface area (Å²) in [5, 5.41) is 10.2. The van der Waals surface area contributed by atoms with Crippen LogP contribution in [0.5, 0.6) is 0 Å². The van der Waals surface area contributed by atoms with Crippen LogP contribution < -0.4 is 4.89 Å². The molecule has 11 heteroatoms. The third-order valence-electron chi connectivity index (χ3n) is 9.08. The van der Waals surface area contributed by atoms with Gasteiger partial charge in [-0.25, -0.2) is 0 Å². The van der Waals surface area contributed by atoms with E-state index in [-0.39, 0.29) is 26.1 Å². The smallest absolute Gasteiger partial charge is 0.306 e. The Morgan fingerprint density at radius 1 is 0.655 bits per heavy atom. The van der Waals surface area contributed by atoms with Crippen molar-refractivity contribution in [2.24, 2.45) is 0 Å².